The number of carbonyl (C=O) groups is 2. The molecule has 13 heteroatoms. The molecule has 0 heterocycles. The zero-order valence-corrected chi connectivity index (χ0v) is 36.8. The molecule has 59 heavy (non-hydrogen) atoms. The van der Waals surface area contributed by atoms with Crippen molar-refractivity contribution in [2.75, 3.05) is 26.4 Å². The number of hydrogen-bond donors (Lipinski definition) is 5. The van der Waals surface area contributed by atoms with E-state index in [1.165, 1.54) is 38.5 Å². The van der Waals surface area contributed by atoms with Crippen LogP contribution in [-0.4, -0.2) is 88.1 Å². The first-order valence-corrected chi connectivity index (χ1v) is 23.2. The van der Waals surface area contributed by atoms with Crippen LogP contribution in [0.3, 0.4) is 0 Å². The van der Waals surface area contributed by atoms with Crippen molar-refractivity contribution >= 4 is 19.8 Å². The first kappa shape index (κ1) is 56.1. The molecule has 0 amide bonds. The zero-order chi connectivity index (χ0) is 43.7. The van der Waals surface area contributed by atoms with Crippen LogP contribution in [0.5, 0.6) is 0 Å². The average Bonchev–Trinajstić information content (AvgIpc) is 3.22. The normalized spacial score (nSPS) is 15.7. The third-order valence-electron chi connectivity index (χ3n) is 8.73. The third-order valence-corrected chi connectivity index (χ3v) is 9.69. The van der Waals surface area contributed by atoms with E-state index in [4.69, 9.17) is 19.1 Å². The largest absolute Gasteiger partial charge is 0.472 e. The van der Waals surface area contributed by atoms with Gasteiger partial charge in [0.1, 0.15) is 12.7 Å². The molecule has 0 radical (unpaired) electrons. The molecule has 0 aliphatic heterocycles. The van der Waals surface area contributed by atoms with Gasteiger partial charge in [0, 0.05) is 12.8 Å². The molecule has 338 valence electrons. The summed E-state index contributed by atoms with van der Waals surface area (Å²) in [6, 6.07) is 0. The van der Waals surface area contributed by atoms with Crippen molar-refractivity contribution in [2.24, 2.45) is 0 Å². The number of hydrogen-bond acceptors (Lipinski definition) is 11. The topological polar surface area (TPSA) is 189 Å². The minimum Gasteiger partial charge on any atom is -0.462 e. The Hall–Kier alpha value is -2.93. The Labute approximate surface area is 355 Å². The van der Waals surface area contributed by atoms with Crippen LogP contribution in [-0.2, 0) is 32.7 Å². The number of carbonyl (C=O) groups excluding carboxylic acids is 2. The summed E-state index contributed by atoms with van der Waals surface area (Å²) in [4.78, 5) is 35.0. The molecule has 0 aromatic rings. The molecule has 0 aliphatic carbocycles. The average molecular weight is 853 g/mol. The number of phosphoric ester groups is 1. The molecule has 5 atom stereocenters. The van der Waals surface area contributed by atoms with Crippen molar-refractivity contribution in [1.29, 1.82) is 0 Å². The van der Waals surface area contributed by atoms with Crippen molar-refractivity contribution in [2.45, 2.75) is 167 Å². The molecule has 0 saturated heterocycles. The van der Waals surface area contributed by atoms with Crippen molar-refractivity contribution in [3.05, 3.63) is 85.1 Å². The number of phosphoric acid groups is 1. The van der Waals surface area contributed by atoms with Gasteiger partial charge in [-0.05, 0) is 83.5 Å². The summed E-state index contributed by atoms with van der Waals surface area (Å²) in [7, 11) is -4.71. The van der Waals surface area contributed by atoms with Crippen LogP contribution in [0.2, 0.25) is 0 Å². The predicted molar refractivity (Wildman–Crippen MR) is 235 cm³/mol. The standard InChI is InChI=1S/C46H77O12P/c1-3-5-7-9-11-13-15-17-18-19-20-21-23-25-27-29-31-35-46(52)58-42(40-57-59(53,54)56-38-41(48)37-47)39-55-45(51)36-32-34-44(50)43(49)33-30-28-26-24-22-16-14-12-10-8-6-4-2/h6,8,12,14,17-18,20-22,24-25,27-28,30,41-44,47-50H,3-5,7,9-11,13,15-16,19,23,26,29,31-40H2,1-2H3,(H,53,54)/b8-6-,14-12-,18-17-,21-20-,24-22-,27-25-,30-28-/t41-,42+,43-,44-/m0/s1. The zero-order valence-electron chi connectivity index (χ0n) is 35.9. The van der Waals surface area contributed by atoms with Crippen molar-refractivity contribution in [3.63, 3.8) is 0 Å². The molecule has 12 nitrogen and oxygen atoms in total. The lowest BCUT2D eigenvalue weighted by molar-refractivity contribution is -0.161. The number of unbranched alkanes of at least 4 members (excludes halogenated alkanes) is 7. The van der Waals surface area contributed by atoms with Gasteiger partial charge in [-0.15, -0.1) is 0 Å². The summed E-state index contributed by atoms with van der Waals surface area (Å²) in [6.07, 6.45) is 40.2. The van der Waals surface area contributed by atoms with E-state index < -0.39 is 70.6 Å². The molecule has 0 bridgehead atoms. The lowest BCUT2D eigenvalue weighted by Gasteiger charge is -2.20. The molecular formula is C46H77O12P. The van der Waals surface area contributed by atoms with Gasteiger partial charge in [-0.25, -0.2) is 4.57 Å². The Balaban J connectivity index is 4.64. The number of esters is 2. The second kappa shape index (κ2) is 40.5. The second-order valence-electron chi connectivity index (χ2n) is 14.3. The monoisotopic (exact) mass is 853 g/mol. The SMILES string of the molecule is CC/C=C\C/C=C\C/C=C\C/C=C\C[C@H](O)[C@@H](O)CCCC(=O)OC[C@H](COP(=O)(O)OC[C@@H](O)CO)OC(=O)CCC/C=C\C/C=C\C/C=C\CCCCCCCC. The lowest BCUT2D eigenvalue weighted by Crippen LogP contribution is -2.30. The first-order chi connectivity index (χ1) is 28.5. The van der Waals surface area contributed by atoms with Crippen LogP contribution in [0.25, 0.3) is 0 Å². The molecule has 0 aromatic heterocycles. The van der Waals surface area contributed by atoms with E-state index in [-0.39, 0.29) is 32.1 Å². The van der Waals surface area contributed by atoms with E-state index in [1.807, 2.05) is 24.3 Å². The Morgan fingerprint density at radius 3 is 1.68 bits per heavy atom. The van der Waals surface area contributed by atoms with E-state index in [1.54, 1.807) is 6.08 Å². The summed E-state index contributed by atoms with van der Waals surface area (Å²) >= 11 is 0. The maximum Gasteiger partial charge on any atom is 0.472 e. The first-order valence-electron chi connectivity index (χ1n) is 21.7. The van der Waals surface area contributed by atoms with Crippen LogP contribution in [0, 0.1) is 0 Å². The fourth-order valence-electron chi connectivity index (χ4n) is 5.27. The highest BCUT2D eigenvalue weighted by Crippen LogP contribution is 2.43. The number of allylic oxidation sites excluding steroid dienone is 13. The van der Waals surface area contributed by atoms with Crippen molar-refractivity contribution in [3.8, 4) is 0 Å². The minimum absolute atomic E-state index is 0.0468. The van der Waals surface area contributed by atoms with Crippen molar-refractivity contribution < 1.29 is 58.0 Å². The summed E-state index contributed by atoms with van der Waals surface area (Å²) in [5.74, 6) is -1.28. The summed E-state index contributed by atoms with van der Waals surface area (Å²) < 4.78 is 32.4. The number of rotatable bonds is 39. The third kappa shape index (κ3) is 39.0. The minimum atomic E-state index is -4.71. The van der Waals surface area contributed by atoms with Gasteiger partial charge in [-0.2, -0.15) is 0 Å². The Kier molecular flexibility index (Phi) is 38.5. The molecule has 0 spiro atoms. The molecule has 0 saturated carbocycles. The maximum absolute atomic E-state index is 12.6. The van der Waals surface area contributed by atoms with Crippen LogP contribution >= 0.6 is 7.82 Å². The fourth-order valence-corrected chi connectivity index (χ4v) is 6.06. The van der Waals surface area contributed by atoms with Gasteiger partial charge < -0.3 is 34.8 Å². The number of aliphatic hydroxyl groups excluding tert-OH is 4. The highest BCUT2D eigenvalue weighted by Gasteiger charge is 2.27. The van der Waals surface area contributed by atoms with Crippen LogP contribution in [0.15, 0.2) is 85.1 Å². The predicted octanol–water partition coefficient (Wildman–Crippen LogP) is 9.39. The smallest absolute Gasteiger partial charge is 0.462 e. The van der Waals surface area contributed by atoms with Gasteiger partial charge in [0.2, 0.25) is 0 Å². The molecule has 0 rings (SSSR count). The number of ether oxygens (including phenoxy) is 2. The molecule has 0 aromatic carbocycles. The van der Waals surface area contributed by atoms with Crippen LogP contribution in [0.4, 0.5) is 0 Å². The van der Waals surface area contributed by atoms with Gasteiger partial charge in [-0.3, -0.25) is 18.6 Å². The van der Waals surface area contributed by atoms with Gasteiger partial charge in [0.25, 0.3) is 0 Å². The Morgan fingerprint density at radius 1 is 0.576 bits per heavy atom. The van der Waals surface area contributed by atoms with E-state index >= 15 is 0 Å². The molecule has 0 aliphatic rings. The summed E-state index contributed by atoms with van der Waals surface area (Å²) in [6.45, 7) is 1.85. The molecule has 5 N–H and O–H groups in total. The molecule has 1 unspecified atom stereocenters. The highest BCUT2D eigenvalue weighted by atomic mass is 31.2. The second-order valence-corrected chi connectivity index (χ2v) is 15.7. The van der Waals surface area contributed by atoms with E-state index in [0.29, 0.717) is 19.3 Å². The van der Waals surface area contributed by atoms with Gasteiger partial charge in [-0.1, -0.05) is 131 Å². The fraction of sp³-hybridized carbons (Fsp3) is 0.652. The maximum atomic E-state index is 12.6. The Morgan fingerprint density at radius 2 is 1.08 bits per heavy atom. The Bertz CT molecular complexity index is 1290. The van der Waals surface area contributed by atoms with Gasteiger partial charge in [0.05, 0.1) is 32.0 Å². The van der Waals surface area contributed by atoms with Crippen LogP contribution in [0.1, 0.15) is 142 Å². The lowest BCUT2D eigenvalue weighted by atomic mass is 10.0. The quantitative estimate of drug-likeness (QED) is 0.0171. The summed E-state index contributed by atoms with van der Waals surface area (Å²) in [5, 5.41) is 39.0. The van der Waals surface area contributed by atoms with Crippen molar-refractivity contribution in [1.82, 2.24) is 0 Å². The van der Waals surface area contributed by atoms with Crippen LogP contribution < -0.4 is 0 Å². The highest BCUT2D eigenvalue weighted by molar-refractivity contribution is 7.47. The van der Waals surface area contributed by atoms with Gasteiger partial charge >= 0.3 is 19.8 Å². The molecular weight excluding hydrogens is 775 g/mol. The molecule has 0 fully saturated rings. The summed E-state index contributed by atoms with van der Waals surface area (Å²) in [5.41, 5.74) is 0. The van der Waals surface area contributed by atoms with E-state index in [2.05, 4.69) is 73.1 Å². The van der Waals surface area contributed by atoms with E-state index in [9.17, 15) is 34.4 Å². The van der Waals surface area contributed by atoms with E-state index in [0.717, 1.165) is 38.5 Å². The van der Waals surface area contributed by atoms with Gasteiger partial charge in [0.15, 0.2) is 6.10 Å². The number of aliphatic hydroxyl groups is 4.